The summed E-state index contributed by atoms with van der Waals surface area (Å²) in [5.74, 6) is -0.830. The zero-order valence-corrected chi connectivity index (χ0v) is 13.7. The molecule has 0 saturated heterocycles. The lowest BCUT2D eigenvalue weighted by Gasteiger charge is -2.26. The molecule has 1 amide bonds. The molecule has 5 heteroatoms. The van der Waals surface area contributed by atoms with Crippen LogP contribution in [-0.2, 0) is 0 Å². The number of halogens is 3. The molecule has 0 aliphatic heterocycles. The molecule has 0 bridgehead atoms. The van der Waals surface area contributed by atoms with Gasteiger partial charge >= 0.3 is 0 Å². The Morgan fingerprint density at radius 2 is 2.05 bits per heavy atom. The minimum absolute atomic E-state index is 0.103. The number of nitrogens with one attached hydrogen (secondary N) is 1. The summed E-state index contributed by atoms with van der Waals surface area (Å²) in [6.07, 6.45) is 4.63. The molecule has 1 N–H and O–H groups in total. The third-order valence-corrected chi connectivity index (χ3v) is 5.43. The van der Waals surface area contributed by atoms with Gasteiger partial charge in [0.05, 0.1) is 5.56 Å². The van der Waals surface area contributed by atoms with Gasteiger partial charge in [-0.15, -0.1) is 0 Å². The first-order valence-corrected chi connectivity index (χ1v) is 8.27. The number of benzene rings is 1. The van der Waals surface area contributed by atoms with Gasteiger partial charge in [-0.05, 0) is 36.5 Å². The molecule has 0 spiro atoms. The summed E-state index contributed by atoms with van der Waals surface area (Å²) in [5.41, 5.74) is 0.243. The van der Waals surface area contributed by atoms with Crippen molar-refractivity contribution in [3.63, 3.8) is 0 Å². The monoisotopic (exact) mass is 391 g/mol. The van der Waals surface area contributed by atoms with Gasteiger partial charge in [-0.2, -0.15) is 0 Å². The van der Waals surface area contributed by atoms with Gasteiger partial charge in [-0.3, -0.25) is 4.79 Å². The van der Waals surface area contributed by atoms with Gasteiger partial charge < -0.3 is 5.32 Å². The summed E-state index contributed by atoms with van der Waals surface area (Å²) in [5, 5.41) is 3.75. The first kappa shape index (κ1) is 15.0. The largest absolute Gasteiger partial charge is 0.351 e. The first-order chi connectivity index (χ1) is 9.06. The second-order valence-corrected chi connectivity index (χ2v) is 6.62. The predicted octanol–water partition coefficient (Wildman–Crippen LogP) is 4.27. The molecule has 1 aliphatic rings. The van der Waals surface area contributed by atoms with E-state index in [9.17, 15) is 9.18 Å². The third-order valence-electron chi connectivity index (χ3n) is 3.75. The number of amides is 1. The Morgan fingerprint density at radius 1 is 1.37 bits per heavy atom. The quantitative estimate of drug-likeness (QED) is 0.761. The van der Waals surface area contributed by atoms with Crippen LogP contribution in [0.5, 0.6) is 0 Å². The Labute approximate surface area is 129 Å². The Morgan fingerprint density at radius 3 is 2.63 bits per heavy atom. The van der Waals surface area contributed by atoms with Gasteiger partial charge in [0, 0.05) is 16.3 Å². The summed E-state index contributed by atoms with van der Waals surface area (Å²) < 4.78 is 14.3. The molecule has 0 radical (unpaired) electrons. The van der Waals surface area contributed by atoms with Crippen molar-refractivity contribution in [2.24, 2.45) is 5.41 Å². The maximum absolute atomic E-state index is 13.7. The number of carbonyl (C=O) groups is 1. The summed E-state index contributed by atoms with van der Waals surface area (Å²) in [4.78, 5) is 12.0. The van der Waals surface area contributed by atoms with Crippen LogP contribution in [0, 0.1) is 11.2 Å². The SMILES string of the molecule is O=C(NCC1(CBr)CCCC1)c1ccc(Br)cc1F. The molecule has 2 nitrogen and oxygen atoms in total. The maximum atomic E-state index is 13.7. The van der Waals surface area contributed by atoms with Crippen LogP contribution >= 0.6 is 31.9 Å². The Hall–Kier alpha value is -0.420. The Kier molecular flexibility index (Phi) is 5.01. The van der Waals surface area contributed by atoms with Crippen LogP contribution in [0.15, 0.2) is 22.7 Å². The van der Waals surface area contributed by atoms with Crippen LogP contribution in [0.3, 0.4) is 0 Å². The molecule has 0 aromatic heterocycles. The third kappa shape index (κ3) is 3.57. The highest BCUT2D eigenvalue weighted by atomic mass is 79.9. The molecular weight excluding hydrogens is 377 g/mol. The van der Waals surface area contributed by atoms with Crippen molar-refractivity contribution in [1.82, 2.24) is 5.32 Å². The van der Waals surface area contributed by atoms with Gasteiger partial charge in [0.2, 0.25) is 0 Å². The van der Waals surface area contributed by atoms with Gasteiger partial charge in [-0.1, -0.05) is 44.7 Å². The molecule has 19 heavy (non-hydrogen) atoms. The average molecular weight is 393 g/mol. The van der Waals surface area contributed by atoms with Gasteiger partial charge in [0.15, 0.2) is 0 Å². The van der Waals surface area contributed by atoms with Crippen LogP contribution in [0.2, 0.25) is 0 Å². The van der Waals surface area contributed by atoms with Crippen molar-refractivity contribution >= 4 is 37.8 Å². The molecule has 104 valence electrons. The predicted molar refractivity (Wildman–Crippen MR) is 81.1 cm³/mol. The number of rotatable bonds is 4. The number of alkyl halides is 1. The second-order valence-electron chi connectivity index (χ2n) is 5.15. The lowest BCUT2D eigenvalue weighted by molar-refractivity contribution is 0.0931. The van der Waals surface area contributed by atoms with E-state index in [-0.39, 0.29) is 16.9 Å². The highest BCUT2D eigenvalue weighted by Gasteiger charge is 2.33. The number of carbonyl (C=O) groups excluding carboxylic acids is 1. The van der Waals surface area contributed by atoms with E-state index in [0.717, 1.165) is 18.2 Å². The molecule has 2 rings (SSSR count). The van der Waals surface area contributed by atoms with E-state index in [1.165, 1.54) is 25.0 Å². The molecule has 1 saturated carbocycles. The summed E-state index contributed by atoms with van der Waals surface area (Å²) in [6.45, 7) is 0.604. The number of hydrogen-bond acceptors (Lipinski definition) is 1. The van der Waals surface area contributed by atoms with Crippen molar-refractivity contribution in [2.75, 3.05) is 11.9 Å². The van der Waals surface area contributed by atoms with Crippen LogP contribution in [0.1, 0.15) is 36.0 Å². The second kappa shape index (κ2) is 6.35. The molecule has 1 aromatic rings. The van der Waals surface area contributed by atoms with Gasteiger partial charge in [0.25, 0.3) is 5.91 Å². The van der Waals surface area contributed by atoms with Crippen molar-refractivity contribution in [2.45, 2.75) is 25.7 Å². The van der Waals surface area contributed by atoms with Gasteiger partial charge in [0.1, 0.15) is 5.82 Å². The highest BCUT2D eigenvalue weighted by molar-refractivity contribution is 9.10. The van der Waals surface area contributed by atoms with E-state index in [4.69, 9.17) is 0 Å². The standard InChI is InChI=1S/C14H16Br2FNO/c15-8-14(5-1-2-6-14)9-18-13(19)11-4-3-10(16)7-12(11)17/h3-4,7H,1-2,5-6,8-9H2,(H,18,19). The van der Waals surface area contributed by atoms with Crippen LogP contribution in [-0.4, -0.2) is 17.8 Å². The van der Waals surface area contributed by atoms with E-state index < -0.39 is 5.82 Å². The van der Waals surface area contributed by atoms with E-state index in [1.807, 2.05) is 0 Å². The van der Waals surface area contributed by atoms with Crippen molar-refractivity contribution in [3.05, 3.63) is 34.1 Å². The van der Waals surface area contributed by atoms with Crippen molar-refractivity contribution in [3.8, 4) is 0 Å². The molecule has 1 aliphatic carbocycles. The molecule has 1 aromatic carbocycles. The van der Waals surface area contributed by atoms with Crippen LogP contribution < -0.4 is 5.32 Å². The normalized spacial score (nSPS) is 17.4. The molecule has 0 atom stereocenters. The smallest absolute Gasteiger partial charge is 0.254 e. The topological polar surface area (TPSA) is 29.1 Å². The number of hydrogen-bond donors (Lipinski definition) is 1. The molecule has 0 heterocycles. The fourth-order valence-electron chi connectivity index (χ4n) is 2.52. The average Bonchev–Trinajstić information content (AvgIpc) is 2.85. The van der Waals surface area contributed by atoms with Crippen molar-refractivity contribution < 1.29 is 9.18 Å². The van der Waals surface area contributed by atoms with Crippen LogP contribution in [0.25, 0.3) is 0 Å². The zero-order chi connectivity index (χ0) is 13.9. The Balaban J connectivity index is 2.01. The highest BCUT2D eigenvalue weighted by Crippen LogP contribution is 2.39. The van der Waals surface area contributed by atoms with E-state index in [1.54, 1.807) is 6.07 Å². The summed E-state index contributed by atoms with van der Waals surface area (Å²) in [6, 6.07) is 4.49. The minimum Gasteiger partial charge on any atom is -0.351 e. The zero-order valence-electron chi connectivity index (χ0n) is 10.5. The summed E-state index contributed by atoms with van der Waals surface area (Å²) >= 11 is 6.71. The fourth-order valence-corrected chi connectivity index (χ4v) is 3.61. The fraction of sp³-hybridized carbons (Fsp3) is 0.500. The molecular formula is C14H16Br2FNO. The van der Waals surface area contributed by atoms with E-state index in [2.05, 4.69) is 37.2 Å². The minimum atomic E-state index is -0.494. The van der Waals surface area contributed by atoms with Crippen molar-refractivity contribution in [1.29, 1.82) is 0 Å². The van der Waals surface area contributed by atoms with E-state index in [0.29, 0.717) is 11.0 Å². The Bertz CT molecular complexity index is 473. The maximum Gasteiger partial charge on any atom is 0.254 e. The molecule has 0 unspecified atom stereocenters. The molecule has 1 fully saturated rings. The van der Waals surface area contributed by atoms with Gasteiger partial charge in [-0.25, -0.2) is 4.39 Å². The lowest BCUT2D eigenvalue weighted by atomic mass is 9.89. The lowest BCUT2D eigenvalue weighted by Crippen LogP contribution is -2.37. The van der Waals surface area contributed by atoms with Crippen LogP contribution in [0.4, 0.5) is 4.39 Å². The summed E-state index contributed by atoms with van der Waals surface area (Å²) in [7, 11) is 0. The van der Waals surface area contributed by atoms with E-state index >= 15 is 0 Å². The first-order valence-electron chi connectivity index (χ1n) is 6.36.